The van der Waals surface area contributed by atoms with Crippen LogP contribution >= 0.6 is 11.3 Å². The van der Waals surface area contributed by atoms with Crippen molar-refractivity contribution in [2.24, 2.45) is 0 Å². The van der Waals surface area contributed by atoms with Crippen molar-refractivity contribution >= 4 is 21.4 Å². The summed E-state index contributed by atoms with van der Waals surface area (Å²) in [7, 11) is 0. The molecule has 106 valence electrons. The zero-order valence-electron chi connectivity index (χ0n) is 11.1. The van der Waals surface area contributed by atoms with Gasteiger partial charge in [0.1, 0.15) is 12.4 Å². The van der Waals surface area contributed by atoms with Crippen LogP contribution in [0.15, 0.2) is 46.7 Å². The molecule has 0 saturated carbocycles. The van der Waals surface area contributed by atoms with Gasteiger partial charge in [-0.1, -0.05) is 0 Å². The van der Waals surface area contributed by atoms with Gasteiger partial charge in [0.05, 0.1) is 6.54 Å². The van der Waals surface area contributed by atoms with E-state index < -0.39 is 0 Å². The lowest BCUT2D eigenvalue weighted by Gasteiger charge is -2.11. The van der Waals surface area contributed by atoms with Crippen LogP contribution in [0.4, 0.5) is 0 Å². The van der Waals surface area contributed by atoms with Crippen molar-refractivity contribution in [3.05, 3.63) is 52.3 Å². The lowest BCUT2D eigenvalue weighted by Crippen LogP contribution is -2.23. The quantitative estimate of drug-likeness (QED) is 0.745. The van der Waals surface area contributed by atoms with E-state index >= 15 is 0 Å². The molecule has 0 N–H and O–H groups in total. The predicted octanol–water partition coefficient (Wildman–Crippen LogP) is 2.30. The maximum atomic E-state index is 11.2. The van der Waals surface area contributed by atoms with Gasteiger partial charge < -0.3 is 9.47 Å². The normalized spacial score (nSPS) is 16.7. The molecule has 1 atom stereocenters. The predicted molar refractivity (Wildman–Crippen MR) is 80.2 cm³/mol. The van der Waals surface area contributed by atoms with Gasteiger partial charge in [0, 0.05) is 17.0 Å². The average molecular weight is 300 g/mol. The molecule has 0 aliphatic carbocycles. The van der Waals surface area contributed by atoms with Crippen LogP contribution in [0.1, 0.15) is 0 Å². The third kappa shape index (κ3) is 2.38. The third-order valence-corrected chi connectivity index (χ3v) is 4.26. The summed E-state index contributed by atoms with van der Waals surface area (Å²) in [5, 5.41) is 3.29. The van der Waals surface area contributed by atoms with Gasteiger partial charge in [-0.15, -0.1) is 11.3 Å². The van der Waals surface area contributed by atoms with Gasteiger partial charge >= 0.3 is 0 Å². The van der Waals surface area contributed by atoms with Crippen molar-refractivity contribution in [3.63, 3.8) is 0 Å². The SMILES string of the molecule is O=c1ccn2c(n1)O[C@H](COc1ccc3ccsc3c1)C2. The van der Waals surface area contributed by atoms with Gasteiger partial charge in [0.2, 0.25) is 0 Å². The van der Waals surface area contributed by atoms with Crippen LogP contribution in [0.5, 0.6) is 11.8 Å². The van der Waals surface area contributed by atoms with Crippen molar-refractivity contribution in [1.29, 1.82) is 0 Å². The summed E-state index contributed by atoms with van der Waals surface area (Å²) in [6.45, 7) is 1.07. The Kier molecular flexibility index (Phi) is 2.89. The van der Waals surface area contributed by atoms with E-state index in [1.54, 1.807) is 17.5 Å². The summed E-state index contributed by atoms with van der Waals surface area (Å²) in [5.41, 5.74) is -0.286. The fourth-order valence-electron chi connectivity index (χ4n) is 2.35. The molecule has 0 spiro atoms. The average Bonchev–Trinajstić information content (AvgIpc) is 3.09. The molecule has 3 aromatic rings. The zero-order chi connectivity index (χ0) is 14.2. The lowest BCUT2D eigenvalue weighted by molar-refractivity contribution is 0.144. The van der Waals surface area contributed by atoms with E-state index in [9.17, 15) is 4.79 Å². The number of thiophene rings is 1. The Labute approximate surface area is 124 Å². The van der Waals surface area contributed by atoms with E-state index in [4.69, 9.17) is 9.47 Å². The highest BCUT2D eigenvalue weighted by Gasteiger charge is 2.23. The molecule has 1 aliphatic heterocycles. The van der Waals surface area contributed by atoms with Crippen molar-refractivity contribution in [2.75, 3.05) is 6.61 Å². The first-order valence-corrected chi connectivity index (χ1v) is 7.50. The van der Waals surface area contributed by atoms with Crippen LogP contribution in [-0.4, -0.2) is 22.3 Å². The number of hydrogen-bond donors (Lipinski definition) is 0. The summed E-state index contributed by atoms with van der Waals surface area (Å²) in [6.07, 6.45) is 1.57. The first-order valence-electron chi connectivity index (χ1n) is 6.62. The lowest BCUT2D eigenvalue weighted by atomic mass is 10.2. The van der Waals surface area contributed by atoms with Crippen LogP contribution < -0.4 is 15.0 Å². The number of ether oxygens (including phenoxy) is 2. The van der Waals surface area contributed by atoms with Gasteiger partial charge in [-0.3, -0.25) is 9.36 Å². The minimum absolute atomic E-state index is 0.127. The molecule has 2 aromatic heterocycles. The highest BCUT2D eigenvalue weighted by Crippen LogP contribution is 2.26. The van der Waals surface area contributed by atoms with Crippen LogP contribution in [0.2, 0.25) is 0 Å². The van der Waals surface area contributed by atoms with Gasteiger partial charge in [-0.25, -0.2) is 0 Å². The number of aromatic nitrogens is 2. The minimum atomic E-state index is -0.286. The van der Waals surface area contributed by atoms with Crippen molar-refractivity contribution in [1.82, 2.24) is 9.55 Å². The number of benzene rings is 1. The summed E-state index contributed by atoms with van der Waals surface area (Å²) in [6, 6.07) is 9.92. The number of fused-ring (bicyclic) bond motifs is 2. The Morgan fingerprint density at radius 3 is 3.29 bits per heavy atom. The largest absolute Gasteiger partial charge is 0.490 e. The van der Waals surface area contributed by atoms with Gasteiger partial charge in [-0.05, 0) is 35.0 Å². The first kappa shape index (κ1) is 12.4. The van der Waals surface area contributed by atoms with Crippen LogP contribution in [0, 0.1) is 0 Å². The Hall–Kier alpha value is -2.34. The second-order valence-corrected chi connectivity index (χ2v) is 5.82. The summed E-state index contributed by atoms with van der Waals surface area (Å²) in [5.74, 6) is 0.826. The van der Waals surface area contributed by atoms with E-state index in [0.29, 0.717) is 19.2 Å². The number of hydrogen-bond acceptors (Lipinski definition) is 5. The second kappa shape index (κ2) is 4.89. The third-order valence-electron chi connectivity index (χ3n) is 3.38. The molecule has 0 radical (unpaired) electrons. The summed E-state index contributed by atoms with van der Waals surface area (Å²) >= 11 is 1.69. The van der Waals surface area contributed by atoms with Crippen LogP contribution in [-0.2, 0) is 6.54 Å². The van der Waals surface area contributed by atoms with Crippen LogP contribution in [0.3, 0.4) is 0 Å². The maximum Gasteiger partial charge on any atom is 0.300 e. The Bertz CT molecular complexity index is 855. The molecule has 1 aliphatic rings. The monoisotopic (exact) mass is 300 g/mol. The highest BCUT2D eigenvalue weighted by atomic mass is 32.1. The fraction of sp³-hybridized carbons (Fsp3) is 0.200. The molecule has 0 fully saturated rings. The Morgan fingerprint density at radius 1 is 1.38 bits per heavy atom. The molecule has 0 unspecified atom stereocenters. The second-order valence-electron chi connectivity index (χ2n) is 4.87. The Balaban J connectivity index is 1.45. The zero-order valence-corrected chi connectivity index (χ0v) is 11.9. The molecule has 5 nitrogen and oxygen atoms in total. The highest BCUT2D eigenvalue weighted by molar-refractivity contribution is 7.17. The molecule has 0 amide bonds. The van der Waals surface area contributed by atoms with Crippen molar-refractivity contribution in [2.45, 2.75) is 12.6 Å². The summed E-state index contributed by atoms with van der Waals surface area (Å²) in [4.78, 5) is 15.0. The minimum Gasteiger partial charge on any atom is -0.490 e. The van der Waals surface area contributed by atoms with E-state index in [1.165, 1.54) is 16.2 Å². The molecule has 21 heavy (non-hydrogen) atoms. The standard InChI is InChI=1S/C15H12N2O3S/c18-14-3-5-17-8-12(20-15(17)16-14)9-19-11-2-1-10-4-6-21-13(10)7-11/h1-7,12H,8-9H2/t12-/m0/s1. The van der Waals surface area contributed by atoms with E-state index in [-0.39, 0.29) is 11.7 Å². The number of nitrogens with zero attached hydrogens (tertiary/aromatic N) is 2. The molecule has 3 heterocycles. The van der Waals surface area contributed by atoms with Crippen molar-refractivity contribution < 1.29 is 9.47 Å². The first-order chi connectivity index (χ1) is 10.3. The summed E-state index contributed by atoms with van der Waals surface area (Å²) < 4.78 is 14.4. The van der Waals surface area contributed by atoms with E-state index in [2.05, 4.69) is 16.4 Å². The number of rotatable bonds is 3. The molecule has 0 saturated heterocycles. The molecule has 1 aromatic carbocycles. The van der Waals surface area contributed by atoms with E-state index in [1.807, 2.05) is 22.8 Å². The fourth-order valence-corrected chi connectivity index (χ4v) is 3.17. The molecule has 6 heteroatoms. The van der Waals surface area contributed by atoms with E-state index in [0.717, 1.165) is 5.75 Å². The molecular weight excluding hydrogens is 288 g/mol. The van der Waals surface area contributed by atoms with Gasteiger partial charge in [-0.2, -0.15) is 4.98 Å². The van der Waals surface area contributed by atoms with Gasteiger partial charge in [0.25, 0.3) is 11.6 Å². The molecule has 0 bridgehead atoms. The smallest absolute Gasteiger partial charge is 0.300 e. The Morgan fingerprint density at radius 2 is 2.33 bits per heavy atom. The topological polar surface area (TPSA) is 53.4 Å². The maximum absolute atomic E-state index is 11.2. The molecular formula is C15H12N2O3S. The van der Waals surface area contributed by atoms with Crippen LogP contribution in [0.25, 0.3) is 10.1 Å². The van der Waals surface area contributed by atoms with Crippen molar-refractivity contribution in [3.8, 4) is 11.8 Å². The molecule has 4 rings (SSSR count). The van der Waals surface area contributed by atoms with Gasteiger partial charge in [0.15, 0.2) is 6.10 Å².